The molecule has 0 unspecified atom stereocenters. The molecule has 0 saturated carbocycles. The molecule has 3 aromatic carbocycles. The second-order valence-corrected chi connectivity index (χ2v) is 8.81. The minimum atomic E-state index is -0.265. The van der Waals surface area contributed by atoms with Crippen molar-refractivity contribution in [2.24, 2.45) is 5.10 Å². The zero-order chi connectivity index (χ0) is 23.1. The average Bonchev–Trinajstić information content (AvgIpc) is 2.75. The zero-order valence-electron chi connectivity index (χ0n) is 17.5. The van der Waals surface area contributed by atoms with Gasteiger partial charge in [-0.15, -0.1) is 0 Å². The van der Waals surface area contributed by atoms with Crippen LogP contribution in [0.2, 0.25) is 10.0 Å². The van der Waals surface area contributed by atoms with Crippen molar-refractivity contribution in [1.82, 2.24) is 5.43 Å². The molecule has 0 fully saturated rings. The molecule has 0 aliphatic carbocycles. The van der Waals surface area contributed by atoms with Gasteiger partial charge in [-0.25, -0.2) is 5.43 Å². The summed E-state index contributed by atoms with van der Waals surface area (Å²) in [5.41, 5.74) is 5.61. The van der Waals surface area contributed by atoms with E-state index in [-0.39, 0.29) is 12.5 Å². The number of nitrogens with zero attached hydrogens (tertiary/aromatic N) is 1. The van der Waals surface area contributed by atoms with Gasteiger partial charge in [0.15, 0.2) is 11.5 Å². The third-order valence-corrected chi connectivity index (χ3v) is 5.88. The van der Waals surface area contributed by atoms with E-state index < -0.39 is 0 Å². The van der Waals surface area contributed by atoms with E-state index in [1.54, 1.807) is 24.4 Å². The first-order valence-electron chi connectivity index (χ1n) is 9.81. The smallest absolute Gasteiger partial charge is 0.271 e. The van der Waals surface area contributed by atoms with Gasteiger partial charge in [0.1, 0.15) is 6.61 Å². The van der Waals surface area contributed by atoms with Gasteiger partial charge in [-0.1, -0.05) is 47.5 Å². The fourth-order valence-corrected chi connectivity index (χ4v) is 4.15. The van der Waals surface area contributed by atoms with Crippen molar-refractivity contribution in [3.8, 4) is 11.5 Å². The lowest BCUT2D eigenvalue weighted by atomic mass is 10.1. The molecule has 8 heteroatoms. The highest BCUT2D eigenvalue weighted by Gasteiger charge is 2.13. The first kappa shape index (κ1) is 24.4. The van der Waals surface area contributed by atoms with E-state index >= 15 is 0 Å². The second-order valence-electron chi connectivity index (χ2n) is 6.80. The molecule has 3 rings (SSSR count). The molecule has 0 saturated heterocycles. The van der Waals surface area contributed by atoms with Crippen LogP contribution in [0, 0.1) is 10.5 Å². The van der Waals surface area contributed by atoms with Gasteiger partial charge in [0.05, 0.1) is 16.4 Å². The number of carbonyl (C=O) groups excluding carboxylic acids is 1. The molecule has 166 valence electrons. The Morgan fingerprint density at radius 2 is 1.91 bits per heavy atom. The van der Waals surface area contributed by atoms with E-state index in [1.807, 2.05) is 50.2 Å². The van der Waals surface area contributed by atoms with Crippen LogP contribution >= 0.6 is 45.8 Å². The first-order chi connectivity index (χ1) is 15.4. The highest BCUT2D eigenvalue weighted by atomic mass is 127. The fourth-order valence-electron chi connectivity index (χ4n) is 2.91. The van der Waals surface area contributed by atoms with E-state index in [2.05, 4.69) is 33.1 Å². The van der Waals surface area contributed by atoms with Crippen LogP contribution in [0.15, 0.2) is 59.7 Å². The zero-order valence-corrected chi connectivity index (χ0v) is 21.2. The number of halogens is 3. The normalized spacial score (nSPS) is 10.9. The lowest BCUT2D eigenvalue weighted by Gasteiger charge is -2.15. The molecule has 0 atom stereocenters. The second kappa shape index (κ2) is 11.5. The SMILES string of the molecule is CCOc1cc(/C=N\NC(=O)c2ccccc2C)cc(I)c1OCc1ccc(Cl)cc1Cl. The van der Waals surface area contributed by atoms with Gasteiger partial charge in [0.2, 0.25) is 0 Å². The predicted octanol–water partition coefficient (Wildman–Crippen LogP) is 6.65. The van der Waals surface area contributed by atoms with Crippen LogP contribution in [-0.2, 0) is 6.61 Å². The molecule has 5 nitrogen and oxygen atoms in total. The van der Waals surface area contributed by atoms with E-state index in [0.29, 0.717) is 33.7 Å². The van der Waals surface area contributed by atoms with E-state index in [4.69, 9.17) is 32.7 Å². The number of hydrogen-bond acceptors (Lipinski definition) is 4. The number of hydrazone groups is 1. The molecule has 0 heterocycles. The molecule has 32 heavy (non-hydrogen) atoms. The molecular weight excluding hydrogens is 562 g/mol. The van der Waals surface area contributed by atoms with E-state index in [0.717, 1.165) is 20.3 Å². The van der Waals surface area contributed by atoms with Crippen molar-refractivity contribution in [2.45, 2.75) is 20.5 Å². The topological polar surface area (TPSA) is 59.9 Å². The van der Waals surface area contributed by atoms with Crippen LogP contribution in [0.5, 0.6) is 11.5 Å². The summed E-state index contributed by atoms with van der Waals surface area (Å²) in [6, 6.07) is 16.3. The number of ether oxygens (including phenoxy) is 2. The Morgan fingerprint density at radius 1 is 1.12 bits per heavy atom. The Bertz CT molecular complexity index is 1150. The molecule has 1 N–H and O–H groups in total. The van der Waals surface area contributed by atoms with Gasteiger partial charge in [0, 0.05) is 21.2 Å². The monoisotopic (exact) mass is 582 g/mol. The summed E-state index contributed by atoms with van der Waals surface area (Å²) in [7, 11) is 0. The number of nitrogens with one attached hydrogen (secondary N) is 1. The van der Waals surface area contributed by atoms with Crippen molar-refractivity contribution in [3.05, 3.63) is 90.5 Å². The maximum Gasteiger partial charge on any atom is 0.271 e. The van der Waals surface area contributed by atoms with E-state index in [1.165, 1.54) is 0 Å². The minimum Gasteiger partial charge on any atom is -0.490 e. The molecule has 0 spiro atoms. The maximum atomic E-state index is 12.3. The molecular formula is C24H21Cl2IN2O3. The fraction of sp³-hybridized carbons (Fsp3) is 0.167. The number of benzene rings is 3. The number of rotatable bonds is 8. The van der Waals surface area contributed by atoms with Crippen molar-refractivity contribution >= 4 is 57.9 Å². The van der Waals surface area contributed by atoms with Gasteiger partial charge in [0.25, 0.3) is 5.91 Å². The highest BCUT2D eigenvalue weighted by Crippen LogP contribution is 2.35. The Balaban J connectivity index is 1.75. The van der Waals surface area contributed by atoms with Gasteiger partial charge < -0.3 is 9.47 Å². The maximum absolute atomic E-state index is 12.3. The standard InChI is InChI=1S/C24H21Cl2IN2O3/c1-3-31-22-11-16(13-28-29-24(30)19-7-5-4-6-15(19)2)10-21(27)23(22)32-14-17-8-9-18(25)12-20(17)26/h4-13H,3,14H2,1-2H3,(H,29,30)/b28-13-. The van der Waals surface area contributed by atoms with Gasteiger partial charge >= 0.3 is 0 Å². The van der Waals surface area contributed by atoms with Gasteiger partial charge in [-0.2, -0.15) is 5.10 Å². The quantitative estimate of drug-likeness (QED) is 0.184. The van der Waals surface area contributed by atoms with Crippen molar-refractivity contribution < 1.29 is 14.3 Å². The first-order valence-corrected chi connectivity index (χ1v) is 11.6. The molecule has 0 aromatic heterocycles. The van der Waals surface area contributed by atoms with Crippen LogP contribution < -0.4 is 14.9 Å². The van der Waals surface area contributed by atoms with E-state index in [9.17, 15) is 4.79 Å². The Morgan fingerprint density at radius 3 is 2.62 bits per heavy atom. The van der Waals surface area contributed by atoms with Crippen LogP contribution in [0.4, 0.5) is 0 Å². The Hall–Kier alpha value is -2.29. The Labute approximate surface area is 210 Å². The Kier molecular flexibility index (Phi) is 8.78. The van der Waals surface area contributed by atoms with Crippen LogP contribution in [-0.4, -0.2) is 18.7 Å². The molecule has 0 aliphatic heterocycles. The van der Waals surface area contributed by atoms with Crippen LogP contribution in [0.1, 0.15) is 34.0 Å². The summed E-state index contributed by atoms with van der Waals surface area (Å²) in [4.78, 5) is 12.3. The average molecular weight is 583 g/mol. The summed E-state index contributed by atoms with van der Waals surface area (Å²) < 4.78 is 12.6. The van der Waals surface area contributed by atoms with Crippen LogP contribution in [0.3, 0.4) is 0 Å². The summed E-state index contributed by atoms with van der Waals surface area (Å²) >= 11 is 14.4. The summed E-state index contributed by atoms with van der Waals surface area (Å²) in [6.07, 6.45) is 1.57. The number of aryl methyl sites for hydroxylation is 1. The highest BCUT2D eigenvalue weighted by molar-refractivity contribution is 14.1. The summed E-state index contributed by atoms with van der Waals surface area (Å²) in [5.74, 6) is 0.926. The lowest BCUT2D eigenvalue weighted by molar-refractivity contribution is 0.0954. The van der Waals surface area contributed by atoms with Gasteiger partial charge in [-0.3, -0.25) is 4.79 Å². The van der Waals surface area contributed by atoms with Crippen molar-refractivity contribution in [2.75, 3.05) is 6.61 Å². The number of amides is 1. The molecule has 0 radical (unpaired) electrons. The third kappa shape index (κ3) is 6.37. The molecule has 3 aromatic rings. The lowest BCUT2D eigenvalue weighted by Crippen LogP contribution is -2.18. The third-order valence-electron chi connectivity index (χ3n) is 4.49. The molecule has 0 aliphatic rings. The van der Waals surface area contributed by atoms with Crippen molar-refractivity contribution in [1.29, 1.82) is 0 Å². The predicted molar refractivity (Wildman–Crippen MR) is 137 cm³/mol. The number of carbonyl (C=O) groups is 1. The van der Waals surface area contributed by atoms with Gasteiger partial charge in [-0.05, 0) is 77.9 Å². The minimum absolute atomic E-state index is 0.265. The summed E-state index contributed by atoms with van der Waals surface area (Å²) in [5, 5.41) is 5.20. The largest absolute Gasteiger partial charge is 0.490 e. The van der Waals surface area contributed by atoms with Crippen molar-refractivity contribution in [3.63, 3.8) is 0 Å². The molecule has 0 bridgehead atoms. The number of hydrogen-bond donors (Lipinski definition) is 1. The van der Waals surface area contributed by atoms with Crippen LogP contribution in [0.25, 0.3) is 0 Å². The summed E-state index contributed by atoms with van der Waals surface area (Å²) in [6.45, 7) is 4.52. The molecule has 1 amide bonds.